The van der Waals surface area contributed by atoms with Crippen LogP contribution >= 0.6 is 0 Å². The van der Waals surface area contributed by atoms with Crippen molar-refractivity contribution in [1.29, 1.82) is 0 Å². The van der Waals surface area contributed by atoms with Crippen LogP contribution in [0.1, 0.15) is 12.8 Å². The van der Waals surface area contributed by atoms with E-state index in [1.807, 2.05) is 0 Å². The largest absolute Gasteiger partial charge is 0.436 e. The third kappa shape index (κ3) is 1.65. The third-order valence-corrected chi connectivity index (χ3v) is 2.36. The maximum atomic E-state index is 10.8. The van der Waals surface area contributed by atoms with E-state index in [0.29, 0.717) is 12.4 Å². The molecule has 0 radical (unpaired) electrons. The molecular weight excluding hydrogens is 172 g/mol. The molecule has 2 atom stereocenters. The summed E-state index contributed by atoms with van der Waals surface area (Å²) in [5.74, 6) is 0.476. The molecule has 0 aromatic carbocycles. The topological polar surface area (TPSA) is 73.9 Å². The Bertz CT molecular complexity index is 246. The Morgan fingerprint density at radius 2 is 2.38 bits per heavy atom. The molecule has 1 saturated heterocycles. The molecule has 2 unspecified atom stereocenters. The summed E-state index contributed by atoms with van der Waals surface area (Å²) in [4.78, 5) is 14.3. The predicted molar refractivity (Wildman–Crippen MR) is 45.4 cm³/mol. The summed E-state index contributed by atoms with van der Waals surface area (Å²) in [7, 11) is 0. The number of hydrogen-bond donors (Lipinski definition) is 1. The van der Waals surface area contributed by atoms with E-state index < -0.39 is 6.09 Å². The van der Waals surface area contributed by atoms with Crippen molar-refractivity contribution in [2.24, 2.45) is 16.6 Å². The molecule has 1 amide bonds. The van der Waals surface area contributed by atoms with Crippen LogP contribution in [0.5, 0.6) is 0 Å². The highest BCUT2D eigenvalue weighted by Crippen LogP contribution is 2.22. The lowest BCUT2D eigenvalue weighted by Crippen LogP contribution is -2.38. The number of carbonyl (C=O) groups is 1. The van der Waals surface area contributed by atoms with Gasteiger partial charge in [-0.15, -0.1) is 0 Å². The molecule has 5 nitrogen and oxygen atoms in total. The molecular formula is C8H12N2O3. The van der Waals surface area contributed by atoms with Gasteiger partial charge in [0.2, 0.25) is 0 Å². The quantitative estimate of drug-likeness (QED) is 0.635. The Hall–Kier alpha value is -1.10. The highest BCUT2D eigenvalue weighted by atomic mass is 16.6. The molecule has 2 N–H and O–H groups in total. The average molecular weight is 184 g/mol. The number of cyclic esters (lactones) is 1. The number of amides is 1. The second-order valence-corrected chi connectivity index (χ2v) is 3.32. The maximum absolute atomic E-state index is 10.8. The Morgan fingerprint density at radius 1 is 1.54 bits per heavy atom. The lowest BCUT2D eigenvalue weighted by atomic mass is 9.95. The van der Waals surface area contributed by atoms with Crippen molar-refractivity contribution in [3.8, 4) is 0 Å². The zero-order chi connectivity index (χ0) is 9.26. The Kier molecular flexibility index (Phi) is 2.18. The molecule has 2 aliphatic rings. The Balaban J connectivity index is 2.00. The minimum absolute atomic E-state index is 0.184. The van der Waals surface area contributed by atoms with Gasteiger partial charge in [0.1, 0.15) is 5.84 Å². The van der Waals surface area contributed by atoms with Gasteiger partial charge in [-0.1, -0.05) is 0 Å². The van der Waals surface area contributed by atoms with E-state index >= 15 is 0 Å². The van der Waals surface area contributed by atoms with Gasteiger partial charge in [-0.05, 0) is 12.8 Å². The Labute approximate surface area is 75.9 Å². The lowest BCUT2D eigenvalue weighted by Gasteiger charge is -2.25. The van der Waals surface area contributed by atoms with Crippen LogP contribution < -0.4 is 5.73 Å². The van der Waals surface area contributed by atoms with E-state index in [9.17, 15) is 4.79 Å². The first-order valence-corrected chi connectivity index (χ1v) is 4.40. The van der Waals surface area contributed by atoms with Crippen LogP contribution in [0, 0.1) is 5.92 Å². The third-order valence-electron chi connectivity index (χ3n) is 2.36. The molecule has 5 heteroatoms. The van der Waals surface area contributed by atoms with Gasteiger partial charge in [-0.25, -0.2) is 4.79 Å². The van der Waals surface area contributed by atoms with E-state index in [1.165, 1.54) is 0 Å². The molecule has 0 bridgehead atoms. The van der Waals surface area contributed by atoms with Crippen molar-refractivity contribution in [2.75, 3.05) is 13.2 Å². The van der Waals surface area contributed by atoms with Crippen molar-refractivity contribution in [3.05, 3.63) is 0 Å². The SMILES string of the molecule is NC1=NC(=O)OC1C1CCCOC1. The van der Waals surface area contributed by atoms with Crippen LogP contribution in [0.3, 0.4) is 0 Å². The van der Waals surface area contributed by atoms with E-state index in [4.69, 9.17) is 15.2 Å². The molecule has 0 aromatic heterocycles. The molecule has 0 spiro atoms. The van der Waals surface area contributed by atoms with Crippen molar-refractivity contribution in [1.82, 2.24) is 0 Å². The average Bonchev–Trinajstić information content (AvgIpc) is 2.47. The minimum Gasteiger partial charge on any atom is -0.436 e. The molecule has 0 aliphatic carbocycles. The van der Waals surface area contributed by atoms with Crippen molar-refractivity contribution in [2.45, 2.75) is 18.9 Å². The van der Waals surface area contributed by atoms with Crippen molar-refractivity contribution in [3.63, 3.8) is 0 Å². The normalized spacial score (nSPS) is 34.2. The van der Waals surface area contributed by atoms with E-state index in [1.54, 1.807) is 0 Å². The van der Waals surface area contributed by atoms with Gasteiger partial charge in [0, 0.05) is 12.5 Å². The second-order valence-electron chi connectivity index (χ2n) is 3.32. The predicted octanol–water partition coefficient (Wildman–Crippen LogP) is 0.289. The summed E-state index contributed by atoms with van der Waals surface area (Å²) in [6.07, 6.45) is 1.04. The summed E-state index contributed by atoms with van der Waals surface area (Å²) in [5, 5.41) is 0. The van der Waals surface area contributed by atoms with Crippen LogP contribution in [0.25, 0.3) is 0 Å². The monoisotopic (exact) mass is 184 g/mol. The van der Waals surface area contributed by atoms with Crippen LogP contribution in [0.15, 0.2) is 4.99 Å². The number of carbonyl (C=O) groups excluding carboxylic acids is 1. The van der Waals surface area contributed by atoms with Crippen LogP contribution in [0.2, 0.25) is 0 Å². The van der Waals surface area contributed by atoms with Gasteiger partial charge in [0.25, 0.3) is 0 Å². The summed E-state index contributed by atoms with van der Waals surface area (Å²) < 4.78 is 10.2. The molecule has 72 valence electrons. The molecule has 13 heavy (non-hydrogen) atoms. The fourth-order valence-corrected chi connectivity index (χ4v) is 1.71. The van der Waals surface area contributed by atoms with E-state index in [-0.39, 0.29) is 12.0 Å². The zero-order valence-corrected chi connectivity index (χ0v) is 7.23. The summed E-state index contributed by atoms with van der Waals surface area (Å²) in [6, 6.07) is 0. The van der Waals surface area contributed by atoms with Crippen LogP contribution in [0.4, 0.5) is 4.79 Å². The van der Waals surface area contributed by atoms with Gasteiger partial charge >= 0.3 is 6.09 Å². The van der Waals surface area contributed by atoms with Crippen LogP contribution in [-0.2, 0) is 9.47 Å². The number of nitrogens with zero attached hydrogens (tertiary/aromatic N) is 1. The first-order chi connectivity index (χ1) is 6.27. The number of amidine groups is 1. The smallest absolute Gasteiger partial charge is 0.436 e. The van der Waals surface area contributed by atoms with Gasteiger partial charge in [-0.2, -0.15) is 4.99 Å². The second kappa shape index (κ2) is 3.33. The molecule has 2 aliphatic heterocycles. The number of aliphatic imine (C=N–C) groups is 1. The first-order valence-electron chi connectivity index (χ1n) is 4.40. The molecule has 0 saturated carbocycles. The molecule has 0 aromatic rings. The van der Waals surface area contributed by atoms with Gasteiger partial charge in [0.15, 0.2) is 6.10 Å². The minimum atomic E-state index is -0.576. The van der Waals surface area contributed by atoms with Crippen LogP contribution in [-0.4, -0.2) is 31.2 Å². The van der Waals surface area contributed by atoms with E-state index in [0.717, 1.165) is 19.4 Å². The number of nitrogens with two attached hydrogens (primary N) is 1. The lowest BCUT2D eigenvalue weighted by molar-refractivity contribution is 0.0119. The first kappa shape index (κ1) is 8.50. The fraction of sp³-hybridized carbons (Fsp3) is 0.750. The van der Waals surface area contributed by atoms with Crippen molar-refractivity contribution < 1.29 is 14.3 Å². The molecule has 2 heterocycles. The standard InChI is InChI=1S/C8H12N2O3/c9-7-6(13-8(11)10-7)5-2-1-3-12-4-5/h5-6H,1-4H2,(H2,9,10,11). The van der Waals surface area contributed by atoms with E-state index in [2.05, 4.69) is 4.99 Å². The molecule has 2 rings (SSSR count). The fourth-order valence-electron chi connectivity index (χ4n) is 1.71. The van der Waals surface area contributed by atoms with Gasteiger partial charge in [0.05, 0.1) is 6.61 Å². The zero-order valence-electron chi connectivity index (χ0n) is 7.23. The van der Waals surface area contributed by atoms with Gasteiger partial charge in [-0.3, -0.25) is 0 Å². The summed E-state index contributed by atoms with van der Waals surface area (Å²) >= 11 is 0. The van der Waals surface area contributed by atoms with Gasteiger partial charge < -0.3 is 15.2 Å². The Morgan fingerprint density at radius 3 is 2.92 bits per heavy atom. The number of ether oxygens (including phenoxy) is 2. The highest BCUT2D eigenvalue weighted by Gasteiger charge is 2.34. The summed E-state index contributed by atoms with van der Waals surface area (Å²) in [5.41, 5.74) is 5.55. The molecule has 1 fully saturated rings. The highest BCUT2D eigenvalue weighted by molar-refractivity contribution is 5.99. The summed E-state index contributed by atoms with van der Waals surface area (Å²) in [6.45, 7) is 1.39. The maximum Gasteiger partial charge on any atom is 0.436 e. The van der Waals surface area contributed by atoms with Crippen molar-refractivity contribution >= 4 is 11.9 Å². The number of rotatable bonds is 1. The number of hydrogen-bond acceptors (Lipinski definition) is 4.